The number of likely N-dealkylation sites (N-methyl/N-ethyl adjacent to an activating group) is 1. The number of anilines is 1. The van der Waals surface area contributed by atoms with Gasteiger partial charge in [-0.15, -0.1) is 0 Å². The Morgan fingerprint density at radius 1 is 1.13 bits per heavy atom. The van der Waals surface area contributed by atoms with Crippen molar-refractivity contribution < 1.29 is 30.4 Å². The first-order chi connectivity index (χ1) is 18.3. The lowest BCUT2D eigenvalue weighted by atomic mass is 9.78. The molecule has 2 N–H and O–H groups in total. The standard InChI is InChI=1S/C26H30F5N5O2S/c1-5-24(33-15-32-2)35-39(37,38)19-13-20(27)25(21(28)14-19)34-22-10-9-17(12-23(22)36(3)4)16-7-6-8-18(11-16)26(29,30)31/h5-8,11,13-15,17,22-23,34-35H,2,9-10,12H2,1,3-4H3/b24-5+,33-15?/t17-,22-,23-/m0/s1. The highest BCUT2D eigenvalue weighted by Gasteiger charge is 2.36. The lowest BCUT2D eigenvalue weighted by molar-refractivity contribution is -0.137. The minimum absolute atomic E-state index is 0.114. The number of aliphatic imine (C=N–C) groups is 2. The van der Waals surface area contributed by atoms with Crippen LogP contribution >= 0.6 is 0 Å². The summed E-state index contributed by atoms with van der Waals surface area (Å²) in [5, 5.41) is 2.87. The fourth-order valence-electron chi connectivity index (χ4n) is 4.65. The van der Waals surface area contributed by atoms with Gasteiger partial charge in [0, 0.05) is 12.1 Å². The van der Waals surface area contributed by atoms with Gasteiger partial charge in [0.1, 0.15) is 17.8 Å². The maximum absolute atomic E-state index is 15.1. The van der Waals surface area contributed by atoms with Gasteiger partial charge in [0.05, 0.1) is 10.5 Å². The van der Waals surface area contributed by atoms with Crippen molar-refractivity contribution in [2.24, 2.45) is 9.98 Å². The molecular formula is C26H30F5N5O2S. The Morgan fingerprint density at radius 2 is 1.79 bits per heavy atom. The molecule has 0 radical (unpaired) electrons. The van der Waals surface area contributed by atoms with Crippen LogP contribution in [0.25, 0.3) is 0 Å². The smallest absolute Gasteiger partial charge is 0.376 e. The molecule has 2 aromatic rings. The zero-order chi connectivity index (χ0) is 29.0. The van der Waals surface area contributed by atoms with Gasteiger partial charge in [-0.2, -0.15) is 13.2 Å². The number of nitrogens with zero attached hydrogens (tertiary/aromatic N) is 3. The van der Waals surface area contributed by atoms with E-state index in [0.717, 1.165) is 18.5 Å². The van der Waals surface area contributed by atoms with Crippen LogP contribution in [0, 0.1) is 11.6 Å². The van der Waals surface area contributed by atoms with Gasteiger partial charge in [-0.1, -0.05) is 18.2 Å². The average molecular weight is 572 g/mol. The van der Waals surface area contributed by atoms with E-state index in [1.165, 1.54) is 19.1 Å². The van der Waals surface area contributed by atoms with Crippen molar-refractivity contribution in [3.63, 3.8) is 0 Å². The van der Waals surface area contributed by atoms with Crippen LogP contribution in [0.15, 0.2) is 63.2 Å². The van der Waals surface area contributed by atoms with Crippen molar-refractivity contribution >= 4 is 28.8 Å². The van der Waals surface area contributed by atoms with Gasteiger partial charge in [0.25, 0.3) is 10.0 Å². The third kappa shape index (κ3) is 7.41. The van der Waals surface area contributed by atoms with E-state index < -0.39 is 50.0 Å². The highest BCUT2D eigenvalue weighted by atomic mass is 32.2. The summed E-state index contributed by atoms with van der Waals surface area (Å²) < 4.78 is 97.2. The van der Waals surface area contributed by atoms with E-state index in [4.69, 9.17) is 0 Å². The predicted octanol–water partition coefficient (Wildman–Crippen LogP) is 5.53. The van der Waals surface area contributed by atoms with Crippen LogP contribution in [0.3, 0.4) is 0 Å². The molecule has 39 heavy (non-hydrogen) atoms. The highest BCUT2D eigenvalue weighted by molar-refractivity contribution is 7.89. The molecule has 0 aliphatic heterocycles. The summed E-state index contributed by atoms with van der Waals surface area (Å²) in [6, 6.07) is 5.91. The van der Waals surface area contributed by atoms with E-state index in [0.29, 0.717) is 37.0 Å². The number of hydrogen-bond acceptors (Lipinski definition) is 5. The van der Waals surface area contributed by atoms with E-state index in [-0.39, 0.29) is 17.8 Å². The molecule has 2 aromatic carbocycles. The number of nitrogens with one attached hydrogen (secondary N) is 2. The second-order valence-electron chi connectivity index (χ2n) is 9.38. The zero-order valence-corrected chi connectivity index (χ0v) is 22.5. The monoisotopic (exact) mass is 571 g/mol. The van der Waals surface area contributed by atoms with Crippen molar-refractivity contribution in [3.05, 3.63) is 71.1 Å². The summed E-state index contributed by atoms with van der Waals surface area (Å²) in [6.45, 7) is 4.71. The van der Waals surface area contributed by atoms with Crippen LogP contribution in [0.4, 0.5) is 27.6 Å². The fraction of sp³-hybridized carbons (Fsp3) is 0.385. The van der Waals surface area contributed by atoms with Crippen molar-refractivity contribution in [1.82, 2.24) is 9.62 Å². The van der Waals surface area contributed by atoms with Crippen LogP contribution in [-0.4, -0.2) is 52.6 Å². The molecule has 3 atom stereocenters. The lowest BCUT2D eigenvalue weighted by Gasteiger charge is -2.41. The Bertz CT molecular complexity index is 1340. The van der Waals surface area contributed by atoms with Gasteiger partial charge in [0.2, 0.25) is 0 Å². The Kier molecular flexibility index (Phi) is 9.49. The van der Waals surface area contributed by atoms with E-state index in [2.05, 4.69) is 26.7 Å². The average Bonchev–Trinajstić information content (AvgIpc) is 2.88. The van der Waals surface area contributed by atoms with Crippen LogP contribution < -0.4 is 10.0 Å². The molecule has 0 amide bonds. The normalized spacial score (nSPS) is 20.8. The summed E-state index contributed by atoms with van der Waals surface area (Å²) in [5.41, 5.74) is -0.646. The van der Waals surface area contributed by atoms with Crippen molar-refractivity contribution in [1.29, 1.82) is 0 Å². The topological polar surface area (TPSA) is 86.2 Å². The molecule has 3 rings (SSSR count). The van der Waals surface area contributed by atoms with Gasteiger partial charge in [0.15, 0.2) is 11.6 Å². The minimum Gasteiger partial charge on any atom is -0.376 e. The summed E-state index contributed by atoms with van der Waals surface area (Å²) in [6.07, 6.45) is -0.741. The van der Waals surface area contributed by atoms with Gasteiger partial charge in [-0.05, 0) is 82.8 Å². The molecule has 0 bridgehead atoms. The largest absolute Gasteiger partial charge is 0.416 e. The fourth-order valence-corrected chi connectivity index (χ4v) is 5.73. The Labute approximate surface area is 224 Å². The molecule has 13 heteroatoms. The van der Waals surface area contributed by atoms with Crippen molar-refractivity contribution in [2.75, 3.05) is 19.4 Å². The number of hydrogen-bond donors (Lipinski definition) is 2. The first-order valence-corrected chi connectivity index (χ1v) is 13.5. The quantitative estimate of drug-likeness (QED) is 0.236. The summed E-state index contributed by atoms with van der Waals surface area (Å²) in [5.74, 6) is -2.50. The second kappa shape index (κ2) is 12.2. The third-order valence-corrected chi connectivity index (χ3v) is 7.95. The maximum Gasteiger partial charge on any atom is 0.416 e. The molecular weight excluding hydrogens is 541 g/mol. The Hall–Kier alpha value is -3.32. The third-order valence-electron chi connectivity index (χ3n) is 6.61. The van der Waals surface area contributed by atoms with Gasteiger partial charge >= 0.3 is 6.18 Å². The summed E-state index contributed by atoms with van der Waals surface area (Å²) >= 11 is 0. The second-order valence-corrected chi connectivity index (χ2v) is 11.1. The summed E-state index contributed by atoms with van der Waals surface area (Å²) in [4.78, 5) is 8.34. The minimum atomic E-state index is -4.45. The van der Waals surface area contributed by atoms with Gasteiger partial charge < -0.3 is 10.2 Å². The van der Waals surface area contributed by atoms with Crippen molar-refractivity contribution in [2.45, 2.75) is 55.3 Å². The van der Waals surface area contributed by atoms with Crippen LogP contribution in [0.1, 0.15) is 43.2 Å². The van der Waals surface area contributed by atoms with E-state index in [9.17, 15) is 21.6 Å². The zero-order valence-electron chi connectivity index (χ0n) is 21.6. The molecule has 0 heterocycles. The predicted molar refractivity (Wildman–Crippen MR) is 141 cm³/mol. The van der Waals surface area contributed by atoms with Crippen molar-refractivity contribution in [3.8, 4) is 0 Å². The molecule has 0 spiro atoms. The molecule has 0 saturated heterocycles. The Balaban J connectivity index is 1.81. The molecule has 1 saturated carbocycles. The first-order valence-electron chi connectivity index (χ1n) is 12.0. The molecule has 1 aliphatic carbocycles. The molecule has 1 fully saturated rings. The van der Waals surface area contributed by atoms with E-state index in [1.807, 2.05) is 4.90 Å². The van der Waals surface area contributed by atoms with Gasteiger partial charge in [-0.25, -0.2) is 22.2 Å². The molecule has 0 aromatic heterocycles. The molecule has 7 nitrogen and oxygen atoms in total. The van der Waals surface area contributed by atoms with Gasteiger partial charge in [-0.3, -0.25) is 9.71 Å². The van der Waals surface area contributed by atoms with E-state index >= 15 is 8.78 Å². The lowest BCUT2D eigenvalue weighted by Crippen LogP contribution is -2.47. The van der Waals surface area contributed by atoms with E-state index in [1.54, 1.807) is 20.2 Å². The number of halogens is 5. The summed E-state index contributed by atoms with van der Waals surface area (Å²) in [7, 11) is -0.798. The molecule has 0 unspecified atom stereocenters. The molecule has 1 aliphatic rings. The SMILES string of the molecule is C=NC=N/C(=C\C)NS(=O)(=O)c1cc(F)c(N[C@H]2CC[C@H](c3cccc(C(F)(F)F)c3)C[C@@H]2N(C)C)c(F)c1. The number of alkyl halides is 3. The highest BCUT2D eigenvalue weighted by Crippen LogP contribution is 2.39. The Morgan fingerprint density at radius 3 is 2.36 bits per heavy atom. The maximum atomic E-state index is 15.1. The van der Waals surface area contributed by atoms with Crippen LogP contribution in [-0.2, 0) is 16.2 Å². The number of benzene rings is 2. The molecule has 212 valence electrons. The number of sulfonamides is 1. The first kappa shape index (κ1) is 30.2. The number of allylic oxidation sites excluding steroid dienone is 1. The van der Waals surface area contributed by atoms with Crippen LogP contribution in [0.5, 0.6) is 0 Å². The number of rotatable bonds is 9. The van der Waals surface area contributed by atoms with Crippen LogP contribution in [0.2, 0.25) is 0 Å².